The van der Waals surface area contributed by atoms with Gasteiger partial charge in [-0.05, 0) is 22.3 Å². The number of ether oxygens (including phenoxy) is 5. The van der Waals surface area contributed by atoms with Crippen LogP contribution in [0.15, 0.2) is 78.9 Å². The Labute approximate surface area is 291 Å². The van der Waals surface area contributed by atoms with Gasteiger partial charge in [0, 0.05) is 44.5 Å². The minimum atomic E-state index is -0.974. The third kappa shape index (κ3) is 8.07. The van der Waals surface area contributed by atoms with Crippen LogP contribution in [-0.4, -0.2) is 83.6 Å². The molecule has 50 heavy (non-hydrogen) atoms. The van der Waals surface area contributed by atoms with E-state index in [-0.39, 0.29) is 44.3 Å². The van der Waals surface area contributed by atoms with E-state index >= 15 is 0 Å². The summed E-state index contributed by atoms with van der Waals surface area (Å²) >= 11 is 0. The average molecular weight is 686 g/mol. The van der Waals surface area contributed by atoms with Crippen LogP contribution < -0.4 is 5.32 Å². The van der Waals surface area contributed by atoms with E-state index in [1.807, 2.05) is 78.9 Å². The van der Waals surface area contributed by atoms with Crippen molar-refractivity contribution in [2.75, 3.05) is 32.8 Å². The van der Waals surface area contributed by atoms with Gasteiger partial charge in [-0.3, -0.25) is 14.5 Å². The fraction of sp³-hybridized carbons (Fsp3) is 0.447. The summed E-state index contributed by atoms with van der Waals surface area (Å²) < 4.78 is 30.1. The lowest BCUT2D eigenvalue weighted by Gasteiger charge is -2.41. The number of rotatable bonds is 10. The molecule has 1 spiro atoms. The fourth-order valence-electron chi connectivity index (χ4n) is 7.01. The van der Waals surface area contributed by atoms with Gasteiger partial charge in [0.25, 0.3) is 5.91 Å². The van der Waals surface area contributed by atoms with Gasteiger partial charge in [0.05, 0.1) is 45.0 Å². The number of alkyl carbamates (subject to hydrolysis) is 1. The van der Waals surface area contributed by atoms with Crippen LogP contribution in [0.5, 0.6) is 0 Å². The van der Waals surface area contributed by atoms with Crippen molar-refractivity contribution in [2.45, 2.75) is 75.8 Å². The van der Waals surface area contributed by atoms with E-state index in [0.29, 0.717) is 19.6 Å². The number of aliphatic hydroxyl groups excluding tert-OH is 1. The first-order chi connectivity index (χ1) is 24.4. The normalized spacial score (nSPS) is 25.3. The van der Waals surface area contributed by atoms with E-state index in [1.165, 1.54) is 0 Å². The number of likely N-dealkylation sites (tertiary alicyclic amines) is 2. The molecule has 4 saturated heterocycles. The second-order valence-corrected chi connectivity index (χ2v) is 13.3. The molecule has 7 rings (SSSR count). The van der Waals surface area contributed by atoms with E-state index in [4.69, 9.17) is 23.7 Å². The molecule has 0 radical (unpaired) electrons. The fourth-order valence-corrected chi connectivity index (χ4v) is 7.01. The molecule has 4 aliphatic rings. The Balaban J connectivity index is 0.976. The van der Waals surface area contributed by atoms with Crippen molar-refractivity contribution in [1.82, 2.24) is 15.1 Å². The number of imide groups is 1. The predicted molar refractivity (Wildman–Crippen MR) is 179 cm³/mol. The van der Waals surface area contributed by atoms with Crippen LogP contribution in [0.1, 0.15) is 65.9 Å². The molecule has 2 N–H and O–H groups in total. The summed E-state index contributed by atoms with van der Waals surface area (Å²) in [7, 11) is 0. The van der Waals surface area contributed by atoms with E-state index in [9.17, 15) is 19.5 Å². The number of hydrogen-bond donors (Lipinski definition) is 2. The number of amides is 3. The van der Waals surface area contributed by atoms with Crippen LogP contribution in [0, 0.1) is 0 Å². The first-order valence-electron chi connectivity index (χ1n) is 17.3. The van der Waals surface area contributed by atoms with Gasteiger partial charge in [-0.25, -0.2) is 4.79 Å². The minimum Gasteiger partial charge on any atom is -0.445 e. The van der Waals surface area contributed by atoms with Gasteiger partial charge in [0.1, 0.15) is 12.6 Å². The topological polar surface area (TPSA) is 136 Å². The Bertz CT molecular complexity index is 1620. The van der Waals surface area contributed by atoms with E-state index in [1.54, 1.807) is 0 Å². The number of hydrogen-bond acceptors (Lipinski definition) is 10. The molecule has 0 aromatic heterocycles. The maximum absolute atomic E-state index is 13.1. The van der Waals surface area contributed by atoms with Gasteiger partial charge in [0.2, 0.25) is 5.91 Å². The van der Waals surface area contributed by atoms with E-state index < -0.39 is 30.1 Å². The number of nitrogens with zero attached hydrogens (tertiary/aromatic N) is 2. The molecule has 264 valence electrons. The van der Waals surface area contributed by atoms with Crippen LogP contribution in [-0.2, 0) is 53.0 Å². The van der Waals surface area contributed by atoms with E-state index in [0.717, 1.165) is 65.2 Å². The molecule has 12 heteroatoms. The summed E-state index contributed by atoms with van der Waals surface area (Å²) in [6.45, 7) is 3.87. The van der Waals surface area contributed by atoms with Crippen molar-refractivity contribution in [2.24, 2.45) is 0 Å². The highest BCUT2D eigenvalue weighted by molar-refractivity contribution is 6.06. The second kappa shape index (κ2) is 15.4. The van der Waals surface area contributed by atoms with Crippen molar-refractivity contribution in [3.63, 3.8) is 0 Å². The molecule has 3 aromatic carbocycles. The molecule has 4 atom stereocenters. The van der Waals surface area contributed by atoms with Crippen molar-refractivity contribution in [1.29, 1.82) is 0 Å². The zero-order valence-corrected chi connectivity index (χ0v) is 27.9. The van der Waals surface area contributed by atoms with Gasteiger partial charge < -0.3 is 39.0 Å². The van der Waals surface area contributed by atoms with Gasteiger partial charge in [-0.2, -0.15) is 0 Å². The van der Waals surface area contributed by atoms with Crippen molar-refractivity contribution in [3.05, 3.63) is 107 Å². The van der Waals surface area contributed by atoms with Crippen LogP contribution in [0.25, 0.3) is 0 Å². The lowest BCUT2D eigenvalue weighted by molar-refractivity contribution is -0.255. The maximum atomic E-state index is 13.1. The quantitative estimate of drug-likeness (QED) is 0.300. The summed E-state index contributed by atoms with van der Waals surface area (Å²) in [5.74, 6) is -1.27. The highest BCUT2D eigenvalue weighted by Gasteiger charge is 2.42. The molecular weight excluding hydrogens is 642 g/mol. The molecule has 0 aliphatic carbocycles. The van der Waals surface area contributed by atoms with Gasteiger partial charge >= 0.3 is 6.09 Å². The Hall–Kier alpha value is -4.17. The Morgan fingerprint density at radius 2 is 1.54 bits per heavy atom. The Kier molecular flexibility index (Phi) is 10.5. The van der Waals surface area contributed by atoms with Crippen molar-refractivity contribution in [3.8, 4) is 0 Å². The lowest BCUT2D eigenvalue weighted by Crippen LogP contribution is -2.48. The largest absolute Gasteiger partial charge is 0.445 e. The molecule has 3 amide bonds. The number of carbonyl (C=O) groups is 3. The molecule has 1 unspecified atom stereocenters. The Morgan fingerprint density at radius 3 is 2.24 bits per heavy atom. The molecule has 0 bridgehead atoms. The standard InChI is InChI=1S/C38H43N3O9/c42-24-27-8-10-29(11-9-27)33-20-31(23-40-16-14-38(15-17-40)47-18-19-48-38)49-36(50-33)30-12-6-26(7-13-30)22-41-34(43)21-32(35(41)44)39-37(45)46-25-28-4-2-1-3-5-28/h1-13,31-33,36,42H,14-25H2,(H,39,45)/t31-,32?,33+,36+/m1/s1. The lowest BCUT2D eigenvalue weighted by atomic mass is 9.98. The minimum absolute atomic E-state index is 0.0243. The number of aliphatic hydroxyl groups is 1. The molecule has 0 saturated carbocycles. The third-order valence-corrected chi connectivity index (χ3v) is 9.85. The van der Waals surface area contributed by atoms with Gasteiger partial charge in [-0.1, -0.05) is 78.9 Å². The van der Waals surface area contributed by atoms with Gasteiger partial charge in [0.15, 0.2) is 12.1 Å². The zero-order valence-electron chi connectivity index (χ0n) is 27.9. The predicted octanol–water partition coefficient (Wildman–Crippen LogP) is 4.12. The zero-order chi connectivity index (χ0) is 34.5. The van der Waals surface area contributed by atoms with E-state index in [2.05, 4.69) is 10.2 Å². The average Bonchev–Trinajstić information content (AvgIpc) is 3.71. The third-order valence-electron chi connectivity index (χ3n) is 9.85. The molecule has 12 nitrogen and oxygen atoms in total. The molecule has 4 fully saturated rings. The SMILES string of the molecule is O=C(NC1CC(=O)N(Cc2ccc([C@H]3O[C@@H](CN4CCC5(CC4)OCCO5)C[C@@H](c4ccc(CO)cc4)O3)cc2)C1=O)OCc1ccccc1. The van der Waals surface area contributed by atoms with Gasteiger partial charge in [-0.15, -0.1) is 0 Å². The smallest absolute Gasteiger partial charge is 0.408 e. The highest BCUT2D eigenvalue weighted by Crippen LogP contribution is 2.39. The maximum Gasteiger partial charge on any atom is 0.408 e. The number of nitrogens with one attached hydrogen (secondary N) is 1. The summed E-state index contributed by atoms with van der Waals surface area (Å²) in [5.41, 5.74) is 4.24. The van der Waals surface area contributed by atoms with Crippen LogP contribution in [0.4, 0.5) is 4.79 Å². The Morgan fingerprint density at radius 1 is 0.860 bits per heavy atom. The summed E-state index contributed by atoms with van der Waals surface area (Å²) in [6, 6.07) is 23.6. The first kappa shape index (κ1) is 34.3. The van der Waals surface area contributed by atoms with Crippen LogP contribution in [0.2, 0.25) is 0 Å². The van der Waals surface area contributed by atoms with Crippen LogP contribution >= 0.6 is 0 Å². The summed E-state index contributed by atoms with van der Waals surface area (Å²) in [4.78, 5) is 41.8. The molecular formula is C38H43N3O9. The molecule has 3 aromatic rings. The van der Waals surface area contributed by atoms with Crippen molar-refractivity contribution >= 4 is 17.9 Å². The summed E-state index contributed by atoms with van der Waals surface area (Å²) in [5, 5.41) is 12.1. The highest BCUT2D eigenvalue weighted by atomic mass is 16.7. The second-order valence-electron chi connectivity index (χ2n) is 13.3. The first-order valence-corrected chi connectivity index (χ1v) is 17.3. The number of carbonyl (C=O) groups excluding carboxylic acids is 3. The van der Waals surface area contributed by atoms with Crippen LogP contribution in [0.3, 0.4) is 0 Å². The summed E-state index contributed by atoms with van der Waals surface area (Å²) in [6.07, 6.45) is 0.506. The van der Waals surface area contributed by atoms with Crippen molar-refractivity contribution < 1.29 is 43.2 Å². The number of piperidine rings is 1. The monoisotopic (exact) mass is 685 g/mol. The molecule has 4 heterocycles. The molecule has 4 aliphatic heterocycles. The number of benzene rings is 3.